The third kappa shape index (κ3) is 1.66. The Hall–Kier alpha value is -1.16. The summed E-state index contributed by atoms with van der Waals surface area (Å²) in [6, 6.07) is 0. The van der Waals surface area contributed by atoms with Crippen molar-refractivity contribution < 1.29 is 4.79 Å². The van der Waals surface area contributed by atoms with Crippen molar-refractivity contribution in [2.75, 3.05) is 5.32 Å². The van der Waals surface area contributed by atoms with Gasteiger partial charge in [0.1, 0.15) is 5.00 Å². The van der Waals surface area contributed by atoms with Crippen molar-refractivity contribution in [2.45, 2.75) is 0 Å². The zero-order valence-corrected chi connectivity index (χ0v) is 6.02. The lowest BCUT2D eigenvalue weighted by atomic mass is 10.6. The molecule has 0 atom stereocenters. The van der Waals surface area contributed by atoms with Gasteiger partial charge in [-0.25, -0.2) is 0 Å². The Morgan fingerprint density at radius 3 is 3.20 bits per heavy atom. The molecule has 3 nitrogen and oxygen atoms in total. The molecule has 1 aromatic rings. The van der Waals surface area contributed by atoms with Gasteiger partial charge in [0.05, 0.1) is 11.7 Å². The molecule has 4 heteroatoms. The first-order valence-corrected chi connectivity index (χ1v) is 3.53. The van der Waals surface area contributed by atoms with Crippen LogP contribution in [0, 0.1) is 0 Å². The molecule has 0 fully saturated rings. The van der Waals surface area contributed by atoms with E-state index in [2.05, 4.69) is 16.9 Å². The van der Waals surface area contributed by atoms with Gasteiger partial charge in [-0.05, 0) is 6.08 Å². The summed E-state index contributed by atoms with van der Waals surface area (Å²) in [5.74, 6) is -0.204. The first-order chi connectivity index (χ1) is 4.83. The number of hydrogen-bond donors (Lipinski definition) is 1. The van der Waals surface area contributed by atoms with Crippen LogP contribution in [0.3, 0.4) is 0 Å². The molecule has 1 N–H and O–H groups in total. The molecule has 0 radical (unpaired) electrons. The minimum Gasteiger partial charge on any atom is -0.313 e. The van der Waals surface area contributed by atoms with Crippen molar-refractivity contribution in [3.63, 3.8) is 0 Å². The Morgan fingerprint density at radius 2 is 2.70 bits per heavy atom. The molecule has 52 valence electrons. The van der Waals surface area contributed by atoms with Gasteiger partial charge in [0.25, 0.3) is 0 Å². The zero-order chi connectivity index (χ0) is 7.40. The normalized spacial score (nSPS) is 8.80. The van der Waals surface area contributed by atoms with Gasteiger partial charge in [0.2, 0.25) is 5.91 Å². The third-order valence-corrected chi connectivity index (χ3v) is 1.55. The van der Waals surface area contributed by atoms with Crippen molar-refractivity contribution in [3.8, 4) is 0 Å². The van der Waals surface area contributed by atoms with Gasteiger partial charge in [-0.3, -0.25) is 9.78 Å². The number of hydrogen-bond acceptors (Lipinski definition) is 3. The third-order valence-electron chi connectivity index (χ3n) is 0.864. The van der Waals surface area contributed by atoms with Crippen LogP contribution < -0.4 is 5.32 Å². The summed E-state index contributed by atoms with van der Waals surface area (Å²) in [7, 11) is 0. The lowest BCUT2D eigenvalue weighted by molar-refractivity contribution is -0.111. The molecule has 0 aromatic carbocycles. The molecule has 0 aliphatic heterocycles. The number of carbonyl (C=O) groups excluding carboxylic acids is 1. The summed E-state index contributed by atoms with van der Waals surface area (Å²) in [4.78, 5) is 14.4. The quantitative estimate of drug-likeness (QED) is 0.652. The van der Waals surface area contributed by atoms with Crippen LogP contribution in [0.2, 0.25) is 0 Å². The molecular formula is C6H6N2OS. The monoisotopic (exact) mass is 154 g/mol. The highest BCUT2D eigenvalue weighted by atomic mass is 32.1. The number of rotatable bonds is 2. The van der Waals surface area contributed by atoms with Crippen LogP contribution in [0.4, 0.5) is 5.00 Å². The Morgan fingerprint density at radius 1 is 1.90 bits per heavy atom. The van der Waals surface area contributed by atoms with Crippen molar-refractivity contribution in [2.24, 2.45) is 0 Å². The van der Waals surface area contributed by atoms with Crippen molar-refractivity contribution in [1.82, 2.24) is 4.98 Å². The largest absolute Gasteiger partial charge is 0.313 e. The molecule has 0 aliphatic carbocycles. The standard InChI is InChI=1S/C6H6N2OS/c1-2-5(9)8-6-3-7-4-10-6/h2-4H,1H2,(H,8,9). The number of carbonyl (C=O) groups is 1. The summed E-state index contributed by atoms with van der Waals surface area (Å²) in [5.41, 5.74) is 1.65. The Kier molecular flexibility index (Phi) is 2.17. The maximum Gasteiger partial charge on any atom is 0.248 e. The maximum atomic E-state index is 10.6. The van der Waals surface area contributed by atoms with Crippen molar-refractivity contribution in [3.05, 3.63) is 24.4 Å². The van der Waals surface area contributed by atoms with E-state index in [0.717, 1.165) is 5.00 Å². The minimum absolute atomic E-state index is 0.204. The fourth-order valence-electron chi connectivity index (χ4n) is 0.450. The second-order valence-corrected chi connectivity index (χ2v) is 2.45. The van der Waals surface area contributed by atoms with E-state index in [1.807, 2.05) is 0 Å². The van der Waals surface area contributed by atoms with E-state index in [1.165, 1.54) is 17.4 Å². The molecule has 0 saturated heterocycles. The lowest BCUT2D eigenvalue weighted by Crippen LogP contribution is -2.05. The van der Waals surface area contributed by atoms with Gasteiger partial charge in [0.15, 0.2) is 0 Å². The summed E-state index contributed by atoms with van der Waals surface area (Å²) >= 11 is 1.38. The van der Waals surface area contributed by atoms with E-state index in [-0.39, 0.29) is 5.91 Å². The highest BCUT2D eigenvalue weighted by molar-refractivity contribution is 7.14. The van der Waals surface area contributed by atoms with E-state index < -0.39 is 0 Å². The van der Waals surface area contributed by atoms with Crippen LogP contribution in [-0.2, 0) is 4.79 Å². The molecule has 1 heterocycles. The fourth-order valence-corrected chi connectivity index (χ4v) is 0.966. The average Bonchev–Trinajstić information content (AvgIpc) is 2.40. The number of nitrogens with zero attached hydrogens (tertiary/aromatic N) is 1. The van der Waals surface area contributed by atoms with Crippen LogP contribution in [0.5, 0.6) is 0 Å². The highest BCUT2D eigenvalue weighted by Crippen LogP contribution is 2.11. The molecule has 0 saturated carbocycles. The SMILES string of the molecule is C=CC(=O)Nc1cncs1. The van der Waals surface area contributed by atoms with E-state index in [1.54, 1.807) is 11.7 Å². The highest BCUT2D eigenvalue weighted by Gasteiger charge is 1.95. The smallest absolute Gasteiger partial charge is 0.248 e. The summed E-state index contributed by atoms with van der Waals surface area (Å²) < 4.78 is 0. The first kappa shape index (κ1) is 6.95. The Bertz CT molecular complexity index is 230. The molecule has 10 heavy (non-hydrogen) atoms. The van der Waals surface area contributed by atoms with Crippen LogP contribution >= 0.6 is 11.3 Å². The minimum atomic E-state index is -0.204. The predicted molar refractivity (Wildman–Crippen MR) is 40.9 cm³/mol. The van der Waals surface area contributed by atoms with Gasteiger partial charge in [-0.2, -0.15) is 0 Å². The van der Waals surface area contributed by atoms with E-state index >= 15 is 0 Å². The fraction of sp³-hybridized carbons (Fsp3) is 0. The second kappa shape index (κ2) is 3.12. The Balaban J connectivity index is 2.56. The zero-order valence-electron chi connectivity index (χ0n) is 5.20. The number of amides is 1. The predicted octanol–water partition coefficient (Wildman–Crippen LogP) is 1.27. The van der Waals surface area contributed by atoms with Crippen LogP contribution in [0.15, 0.2) is 24.4 Å². The number of nitrogens with one attached hydrogen (secondary N) is 1. The van der Waals surface area contributed by atoms with Gasteiger partial charge in [-0.15, -0.1) is 11.3 Å². The average molecular weight is 154 g/mol. The van der Waals surface area contributed by atoms with Crippen LogP contribution in [-0.4, -0.2) is 10.9 Å². The molecule has 1 rings (SSSR count). The number of aromatic nitrogens is 1. The van der Waals surface area contributed by atoms with Crippen molar-refractivity contribution >= 4 is 22.2 Å². The number of thiazole rings is 1. The molecule has 1 aromatic heterocycles. The molecule has 1 amide bonds. The molecule has 0 bridgehead atoms. The van der Waals surface area contributed by atoms with Gasteiger partial charge < -0.3 is 5.32 Å². The van der Waals surface area contributed by atoms with E-state index in [0.29, 0.717) is 0 Å². The van der Waals surface area contributed by atoms with Gasteiger partial charge in [0, 0.05) is 0 Å². The molecule has 0 spiro atoms. The van der Waals surface area contributed by atoms with E-state index in [9.17, 15) is 4.79 Å². The lowest BCUT2D eigenvalue weighted by Gasteiger charge is -1.92. The summed E-state index contributed by atoms with van der Waals surface area (Å²) in [5, 5.41) is 3.31. The number of anilines is 1. The van der Waals surface area contributed by atoms with Crippen LogP contribution in [0.25, 0.3) is 0 Å². The van der Waals surface area contributed by atoms with Crippen molar-refractivity contribution in [1.29, 1.82) is 0 Å². The van der Waals surface area contributed by atoms with Gasteiger partial charge >= 0.3 is 0 Å². The molecule has 0 aliphatic rings. The summed E-state index contributed by atoms with van der Waals surface area (Å²) in [6.45, 7) is 3.31. The van der Waals surface area contributed by atoms with E-state index in [4.69, 9.17) is 0 Å². The topological polar surface area (TPSA) is 42.0 Å². The second-order valence-electron chi connectivity index (χ2n) is 1.56. The first-order valence-electron chi connectivity index (χ1n) is 2.65. The van der Waals surface area contributed by atoms with Gasteiger partial charge in [-0.1, -0.05) is 6.58 Å². The molecular weight excluding hydrogens is 148 g/mol. The Labute approximate surface area is 62.4 Å². The van der Waals surface area contributed by atoms with Crippen LogP contribution in [0.1, 0.15) is 0 Å². The summed E-state index contributed by atoms with van der Waals surface area (Å²) in [6.07, 6.45) is 2.81. The maximum absolute atomic E-state index is 10.6. The molecule has 0 unspecified atom stereocenters.